The molecule has 0 unspecified atom stereocenters. The van der Waals surface area contributed by atoms with E-state index >= 15 is 0 Å². The molecule has 0 bridgehead atoms. The molecule has 3 N–H and O–H groups in total. The minimum atomic E-state index is -1.05. The number of anilines is 1. The van der Waals surface area contributed by atoms with Crippen LogP contribution in [-0.4, -0.2) is 23.2 Å². The van der Waals surface area contributed by atoms with Gasteiger partial charge in [0, 0.05) is 6.20 Å². The van der Waals surface area contributed by atoms with Gasteiger partial charge in [0.05, 0.1) is 23.3 Å². The number of aromatic carboxylic acids is 1. The Kier molecular flexibility index (Phi) is 3.91. The van der Waals surface area contributed by atoms with Crippen molar-refractivity contribution < 1.29 is 14.6 Å². The maximum atomic E-state index is 10.8. The lowest BCUT2D eigenvalue weighted by Crippen LogP contribution is -2.01. The SMILES string of the molecule is COc1ccccc1Sc1ncc(C(=O)O)cc1N. The standard InChI is InChI=1S/C13H12N2O3S/c1-18-10-4-2-3-5-11(10)19-12-9(14)6-8(7-15-12)13(16)17/h2-7H,14H2,1H3,(H,16,17). The van der Waals surface area contributed by atoms with Gasteiger partial charge < -0.3 is 15.6 Å². The second-order valence-corrected chi connectivity index (χ2v) is 4.71. The Morgan fingerprint density at radius 3 is 2.79 bits per heavy atom. The average molecular weight is 276 g/mol. The van der Waals surface area contributed by atoms with Crippen molar-refractivity contribution in [2.24, 2.45) is 0 Å². The van der Waals surface area contributed by atoms with Crippen molar-refractivity contribution in [3.63, 3.8) is 0 Å². The van der Waals surface area contributed by atoms with Gasteiger partial charge in [0.1, 0.15) is 10.8 Å². The van der Waals surface area contributed by atoms with Crippen molar-refractivity contribution in [1.82, 2.24) is 4.98 Å². The summed E-state index contributed by atoms with van der Waals surface area (Å²) in [5, 5.41) is 9.40. The first-order chi connectivity index (χ1) is 9.11. The number of nitrogen functional groups attached to an aromatic ring is 1. The van der Waals surface area contributed by atoms with Crippen LogP contribution in [0.5, 0.6) is 5.75 Å². The molecule has 5 nitrogen and oxygen atoms in total. The van der Waals surface area contributed by atoms with Crippen molar-refractivity contribution in [3.8, 4) is 5.75 Å². The van der Waals surface area contributed by atoms with Crippen LogP contribution in [0, 0.1) is 0 Å². The number of aromatic nitrogens is 1. The zero-order chi connectivity index (χ0) is 13.8. The number of pyridine rings is 1. The summed E-state index contributed by atoms with van der Waals surface area (Å²) < 4.78 is 5.24. The minimum Gasteiger partial charge on any atom is -0.496 e. The van der Waals surface area contributed by atoms with Gasteiger partial charge in [0.15, 0.2) is 0 Å². The Morgan fingerprint density at radius 2 is 2.16 bits per heavy atom. The number of methoxy groups -OCH3 is 1. The number of para-hydroxylation sites is 1. The molecule has 0 amide bonds. The van der Waals surface area contributed by atoms with Crippen LogP contribution >= 0.6 is 11.8 Å². The van der Waals surface area contributed by atoms with E-state index in [1.807, 2.05) is 24.3 Å². The number of nitrogens with zero attached hydrogens (tertiary/aromatic N) is 1. The fraction of sp³-hybridized carbons (Fsp3) is 0.0769. The Hall–Kier alpha value is -2.21. The highest BCUT2D eigenvalue weighted by molar-refractivity contribution is 7.99. The van der Waals surface area contributed by atoms with Gasteiger partial charge in [-0.3, -0.25) is 0 Å². The van der Waals surface area contributed by atoms with E-state index in [1.165, 1.54) is 24.0 Å². The van der Waals surface area contributed by atoms with Gasteiger partial charge in [-0.15, -0.1) is 0 Å². The minimum absolute atomic E-state index is 0.0712. The smallest absolute Gasteiger partial charge is 0.337 e. The summed E-state index contributed by atoms with van der Waals surface area (Å²) in [6.07, 6.45) is 1.29. The molecule has 1 heterocycles. The van der Waals surface area contributed by atoms with Crippen molar-refractivity contribution in [2.75, 3.05) is 12.8 Å². The lowest BCUT2D eigenvalue weighted by Gasteiger charge is -2.08. The molecular weight excluding hydrogens is 264 g/mol. The molecule has 98 valence electrons. The van der Waals surface area contributed by atoms with Gasteiger partial charge in [-0.2, -0.15) is 0 Å². The molecule has 0 saturated carbocycles. The van der Waals surface area contributed by atoms with Gasteiger partial charge >= 0.3 is 5.97 Å². The summed E-state index contributed by atoms with van der Waals surface area (Å²) in [6.45, 7) is 0. The summed E-state index contributed by atoms with van der Waals surface area (Å²) >= 11 is 1.33. The molecule has 2 rings (SSSR count). The molecular formula is C13H12N2O3S. The van der Waals surface area contributed by atoms with Crippen LogP contribution in [0.15, 0.2) is 46.5 Å². The summed E-state index contributed by atoms with van der Waals surface area (Å²) in [4.78, 5) is 15.7. The zero-order valence-electron chi connectivity index (χ0n) is 10.2. The van der Waals surface area contributed by atoms with Gasteiger partial charge in [-0.05, 0) is 18.2 Å². The molecule has 1 aromatic carbocycles. The quantitative estimate of drug-likeness (QED) is 0.892. The lowest BCUT2D eigenvalue weighted by atomic mass is 10.3. The van der Waals surface area contributed by atoms with Crippen molar-refractivity contribution in [3.05, 3.63) is 42.1 Å². The van der Waals surface area contributed by atoms with Crippen LogP contribution in [0.25, 0.3) is 0 Å². The second-order valence-electron chi connectivity index (χ2n) is 3.68. The van der Waals surface area contributed by atoms with E-state index in [4.69, 9.17) is 15.6 Å². The van der Waals surface area contributed by atoms with Gasteiger partial charge in [0.25, 0.3) is 0 Å². The zero-order valence-corrected chi connectivity index (χ0v) is 11.0. The van der Waals surface area contributed by atoms with Crippen LogP contribution < -0.4 is 10.5 Å². The van der Waals surface area contributed by atoms with Crippen LogP contribution in [0.3, 0.4) is 0 Å². The maximum Gasteiger partial charge on any atom is 0.337 e. The summed E-state index contributed by atoms with van der Waals surface area (Å²) in [7, 11) is 1.59. The molecule has 6 heteroatoms. The number of carboxylic acids is 1. The molecule has 19 heavy (non-hydrogen) atoms. The van der Waals surface area contributed by atoms with Gasteiger partial charge in [-0.25, -0.2) is 9.78 Å². The number of nitrogens with two attached hydrogens (primary N) is 1. The van der Waals surface area contributed by atoms with Gasteiger partial charge in [0.2, 0.25) is 0 Å². The highest BCUT2D eigenvalue weighted by Crippen LogP contribution is 2.36. The molecule has 1 aromatic heterocycles. The third-order valence-corrected chi connectivity index (χ3v) is 3.49. The predicted molar refractivity (Wildman–Crippen MR) is 72.7 cm³/mol. The Bertz CT molecular complexity index is 617. The second kappa shape index (κ2) is 5.62. The number of ether oxygens (including phenoxy) is 1. The summed E-state index contributed by atoms with van der Waals surface area (Å²) in [6, 6.07) is 8.87. The average Bonchev–Trinajstić information content (AvgIpc) is 2.41. The highest BCUT2D eigenvalue weighted by atomic mass is 32.2. The Morgan fingerprint density at radius 1 is 1.42 bits per heavy atom. The monoisotopic (exact) mass is 276 g/mol. The molecule has 0 aliphatic carbocycles. The number of carboxylic acid groups (broad SMARTS) is 1. The number of carbonyl (C=O) groups is 1. The number of benzene rings is 1. The molecule has 0 atom stereocenters. The summed E-state index contributed by atoms with van der Waals surface area (Å²) in [5.74, 6) is -0.330. The molecule has 0 saturated heterocycles. The van der Waals surface area contributed by atoms with Crippen LogP contribution in [0.1, 0.15) is 10.4 Å². The molecule has 0 aliphatic rings. The van der Waals surface area contributed by atoms with Crippen LogP contribution in [0.4, 0.5) is 5.69 Å². The van der Waals surface area contributed by atoms with Crippen LogP contribution in [0.2, 0.25) is 0 Å². The van der Waals surface area contributed by atoms with Gasteiger partial charge in [-0.1, -0.05) is 23.9 Å². The Labute approximate surface area is 114 Å². The third kappa shape index (κ3) is 2.97. The first-order valence-electron chi connectivity index (χ1n) is 5.41. The molecule has 0 aliphatic heterocycles. The normalized spacial score (nSPS) is 10.2. The largest absolute Gasteiger partial charge is 0.496 e. The van der Waals surface area contributed by atoms with Crippen molar-refractivity contribution >= 4 is 23.4 Å². The topological polar surface area (TPSA) is 85.4 Å². The van der Waals surface area contributed by atoms with E-state index in [0.29, 0.717) is 10.7 Å². The van der Waals surface area contributed by atoms with E-state index in [2.05, 4.69) is 4.98 Å². The highest BCUT2D eigenvalue weighted by Gasteiger charge is 2.11. The molecule has 0 fully saturated rings. The van der Waals surface area contributed by atoms with Crippen molar-refractivity contribution in [2.45, 2.75) is 9.92 Å². The van der Waals surface area contributed by atoms with E-state index in [-0.39, 0.29) is 5.56 Å². The molecule has 0 radical (unpaired) electrons. The third-order valence-electron chi connectivity index (χ3n) is 2.40. The van der Waals surface area contributed by atoms with Crippen molar-refractivity contribution in [1.29, 1.82) is 0 Å². The number of hydrogen-bond donors (Lipinski definition) is 2. The Balaban J connectivity index is 2.31. The maximum absolute atomic E-state index is 10.8. The van der Waals surface area contributed by atoms with E-state index in [9.17, 15) is 4.79 Å². The fourth-order valence-corrected chi connectivity index (χ4v) is 2.37. The number of rotatable bonds is 4. The van der Waals surface area contributed by atoms with E-state index in [1.54, 1.807) is 7.11 Å². The molecule has 2 aromatic rings. The molecule has 0 spiro atoms. The predicted octanol–water partition coefficient (Wildman–Crippen LogP) is 2.52. The van der Waals surface area contributed by atoms with E-state index in [0.717, 1.165) is 10.6 Å². The number of hydrogen-bond acceptors (Lipinski definition) is 5. The first-order valence-corrected chi connectivity index (χ1v) is 6.23. The van der Waals surface area contributed by atoms with E-state index < -0.39 is 5.97 Å². The van der Waals surface area contributed by atoms with Crippen LogP contribution in [-0.2, 0) is 0 Å². The fourth-order valence-electron chi connectivity index (χ4n) is 1.48. The lowest BCUT2D eigenvalue weighted by molar-refractivity contribution is 0.0696. The first kappa shape index (κ1) is 13.2. The summed E-state index contributed by atoms with van der Waals surface area (Å²) in [5.41, 5.74) is 6.21.